The molecule has 0 aliphatic carbocycles. The third kappa shape index (κ3) is 6.81. The third-order valence-electron chi connectivity index (χ3n) is 6.41. The molecule has 1 aliphatic heterocycles. The molecule has 1 fully saturated rings. The van der Waals surface area contributed by atoms with E-state index in [1.54, 1.807) is 37.3 Å². The lowest BCUT2D eigenvalue weighted by atomic mass is 10.1. The molecule has 3 aromatic rings. The van der Waals surface area contributed by atoms with E-state index in [1.807, 2.05) is 68.5 Å². The molecule has 7 nitrogen and oxygen atoms in total. The molecule has 0 saturated carbocycles. The van der Waals surface area contributed by atoms with E-state index in [2.05, 4.69) is 35.0 Å². The second kappa shape index (κ2) is 13.9. The van der Waals surface area contributed by atoms with E-state index in [9.17, 15) is 9.59 Å². The van der Waals surface area contributed by atoms with Gasteiger partial charge >= 0.3 is 12.0 Å². The van der Waals surface area contributed by atoms with Gasteiger partial charge in [0, 0.05) is 23.6 Å². The first-order valence-corrected chi connectivity index (χ1v) is 13.8. The number of aliphatic imine (C=N–C) groups is 1. The fraction of sp³-hybridized carbons (Fsp3) is 0.206. The molecule has 0 atom stereocenters. The van der Waals surface area contributed by atoms with Gasteiger partial charge in [-0.1, -0.05) is 61.5 Å². The zero-order valence-corrected chi connectivity index (χ0v) is 23.9. The van der Waals surface area contributed by atoms with Crippen molar-refractivity contribution in [3.8, 4) is 0 Å². The molecule has 7 heteroatoms. The number of likely N-dealkylation sites (N-methyl/N-ethyl adjacent to an activating group) is 1. The van der Waals surface area contributed by atoms with E-state index >= 15 is 0 Å². The minimum absolute atomic E-state index is 0.120. The van der Waals surface area contributed by atoms with E-state index < -0.39 is 5.97 Å². The normalized spacial score (nSPS) is 15.6. The van der Waals surface area contributed by atoms with Crippen LogP contribution in [0, 0.1) is 0 Å². The second-order valence-electron chi connectivity index (χ2n) is 9.09. The molecule has 210 valence electrons. The first-order valence-electron chi connectivity index (χ1n) is 13.8. The third-order valence-corrected chi connectivity index (χ3v) is 6.41. The first-order chi connectivity index (χ1) is 20.0. The van der Waals surface area contributed by atoms with Crippen LogP contribution in [0.1, 0.15) is 50.0 Å². The highest BCUT2D eigenvalue weighted by atomic mass is 16.5. The van der Waals surface area contributed by atoms with E-state index in [4.69, 9.17) is 9.47 Å². The van der Waals surface area contributed by atoms with Crippen LogP contribution in [0.4, 0.5) is 17.1 Å². The Morgan fingerprint density at radius 3 is 2.29 bits per heavy atom. The first kappa shape index (κ1) is 29.1. The molecule has 1 heterocycles. The van der Waals surface area contributed by atoms with Crippen molar-refractivity contribution in [2.45, 2.75) is 34.1 Å². The topological polar surface area (TPSA) is 71.4 Å². The number of amidine groups is 1. The largest absolute Gasteiger partial charge is 0.462 e. The summed E-state index contributed by atoms with van der Waals surface area (Å²) >= 11 is 0. The van der Waals surface area contributed by atoms with E-state index in [0.29, 0.717) is 17.8 Å². The number of hydrogen-bond acceptors (Lipinski definition) is 6. The number of nitrogens with zero attached hydrogens (tertiary/aromatic N) is 3. The summed E-state index contributed by atoms with van der Waals surface area (Å²) in [6.07, 6.45) is 8.73. The Balaban J connectivity index is 1.64. The molecule has 0 spiro atoms. The number of carbonyl (C=O) groups is 2. The average molecular weight is 550 g/mol. The van der Waals surface area contributed by atoms with E-state index in [0.717, 1.165) is 29.1 Å². The summed E-state index contributed by atoms with van der Waals surface area (Å²) in [5.74, 6) is -0.612. The molecular weight excluding hydrogens is 514 g/mol. The van der Waals surface area contributed by atoms with Crippen LogP contribution in [0.3, 0.4) is 0 Å². The van der Waals surface area contributed by atoms with Gasteiger partial charge in [0.1, 0.15) is 0 Å². The Labute approximate surface area is 241 Å². The van der Waals surface area contributed by atoms with Gasteiger partial charge < -0.3 is 14.4 Å². The van der Waals surface area contributed by atoms with Crippen LogP contribution in [-0.4, -0.2) is 35.9 Å². The Kier molecular flexibility index (Phi) is 9.89. The number of hydrogen-bond donors (Lipinski definition) is 0. The Hall–Kier alpha value is -4.91. The molecule has 0 N–H and O–H groups in total. The van der Waals surface area contributed by atoms with Crippen LogP contribution in [0.25, 0.3) is 6.08 Å². The smallest absolute Gasteiger partial charge is 0.340 e. The molecule has 3 aromatic carbocycles. The number of allylic oxidation sites excluding steroid dienone is 4. The number of anilines is 2. The van der Waals surface area contributed by atoms with E-state index in [1.165, 1.54) is 4.90 Å². The van der Waals surface area contributed by atoms with Crippen LogP contribution < -0.4 is 4.90 Å². The highest BCUT2D eigenvalue weighted by molar-refractivity contribution is 6.12. The standard InChI is InChI=1S/C34H35N3O4/c1-5-9-15-26(6-2)37(27-16-11-10-12-17-27)28-22-20-25(21-23-28)24-31-32(38)36(7-3)34(41-31)35-30-19-14-13-18-29(30)33(39)40-8-4/h5,9-24H,6-8H2,1-4H3/b9-5-,26-15+,31-24+,35-34?. The lowest BCUT2D eigenvalue weighted by Crippen LogP contribution is -2.29. The maximum atomic E-state index is 13.2. The Morgan fingerprint density at radius 1 is 0.951 bits per heavy atom. The summed E-state index contributed by atoms with van der Waals surface area (Å²) in [7, 11) is 0. The quantitative estimate of drug-likeness (QED) is 0.147. The highest BCUT2D eigenvalue weighted by Crippen LogP contribution is 2.32. The number of benzene rings is 3. The van der Waals surface area contributed by atoms with Crippen molar-refractivity contribution in [3.63, 3.8) is 0 Å². The summed E-state index contributed by atoms with van der Waals surface area (Å²) in [6.45, 7) is 8.34. The van der Waals surface area contributed by atoms with Gasteiger partial charge in [0.15, 0.2) is 5.76 Å². The lowest BCUT2D eigenvalue weighted by molar-refractivity contribution is -0.122. The minimum atomic E-state index is -0.480. The van der Waals surface area contributed by atoms with Crippen molar-refractivity contribution >= 4 is 41.0 Å². The lowest BCUT2D eigenvalue weighted by Gasteiger charge is -2.27. The van der Waals surface area contributed by atoms with Gasteiger partial charge in [-0.15, -0.1) is 0 Å². The van der Waals surface area contributed by atoms with Gasteiger partial charge in [0.25, 0.3) is 5.91 Å². The van der Waals surface area contributed by atoms with Crippen molar-refractivity contribution in [2.75, 3.05) is 18.1 Å². The van der Waals surface area contributed by atoms with Gasteiger partial charge in [-0.2, -0.15) is 4.99 Å². The molecular formula is C34H35N3O4. The van der Waals surface area contributed by atoms with Gasteiger partial charge in [-0.25, -0.2) is 4.79 Å². The summed E-state index contributed by atoms with van der Waals surface area (Å²) in [5, 5.41) is 0. The molecule has 1 amide bonds. The monoisotopic (exact) mass is 549 g/mol. The van der Waals surface area contributed by atoms with Gasteiger partial charge in [0.2, 0.25) is 0 Å². The average Bonchev–Trinajstić information content (AvgIpc) is 3.29. The predicted octanol–water partition coefficient (Wildman–Crippen LogP) is 7.78. The summed E-state index contributed by atoms with van der Waals surface area (Å²) < 4.78 is 11.1. The summed E-state index contributed by atoms with van der Waals surface area (Å²) in [5.41, 5.74) is 4.70. The zero-order valence-electron chi connectivity index (χ0n) is 23.9. The van der Waals surface area contributed by atoms with Crippen molar-refractivity contribution in [1.82, 2.24) is 4.90 Å². The molecule has 41 heavy (non-hydrogen) atoms. The molecule has 4 rings (SSSR count). The van der Waals surface area contributed by atoms with Gasteiger partial charge in [-0.05, 0) is 81.3 Å². The van der Waals surface area contributed by atoms with Crippen LogP contribution in [0.15, 0.2) is 114 Å². The predicted molar refractivity (Wildman–Crippen MR) is 164 cm³/mol. The summed E-state index contributed by atoms with van der Waals surface area (Å²) in [6, 6.07) is 25.1. The fourth-order valence-electron chi connectivity index (χ4n) is 4.41. The van der Waals surface area contributed by atoms with Crippen molar-refractivity contribution in [1.29, 1.82) is 0 Å². The zero-order chi connectivity index (χ0) is 29.2. The van der Waals surface area contributed by atoms with Crippen LogP contribution >= 0.6 is 0 Å². The Bertz CT molecular complexity index is 1490. The number of amides is 1. The number of rotatable bonds is 10. The van der Waals surface area contributed by atoms with Crippen molar-refractivity contribution < 1.29 is 19.1 Å². The van der Waals surface area contributed by atoms with Gasteiger partial charge in [0.05, 0.1) is 17.9 Å². The van der Waals surface area contributed by atoms with E-state index in [-0.39, 0.29) is 24.3 Å². The van der Waals surface area contributed by atoms with Crippen molar-refractivity contribution in [2.24, 2.45) is 4.99 Å². The Morgan fingerprint density at radius 2 is 1.63 bits per heavy atom. The van der Waals surface area contributed by atoms with Crippen LogP contribution in [0.5, 0.6) is 0 Å². The minimum Gasteiger partial charge on any atom is -0.462 e. The summed E-state index contributed by atoms with van der Waals surface area (Å²) in [4.78, 5) is 33.8. The maximum Gasteiger partial charge on any atom is 0.340 e. The second-order valence-corrected chi connectivity index (χ2v) is 9.09. The van der Waals surface area contributed by atoms with Crippen LogP contribution in [-0.2, 0) is 14.3 Å². The number of carbonyl (C=O) groups excluding carboxylic acids is 2. The maximum absolute atomic E-state index is 13.2. The molecule has 0 radical (unpaired) electrons. The molecule has 1 aliphatic rings. The molecule has 0 bridgehead atoms. The molecule has 1 saturated heterocycles. The number of esters is 1. The van der Waals surface area contributed by atoms with Crippen LogP contribution in [0.2, 0.25) is 0 Å². The van der Waals surface area contributed by atoms with Crippen molar-refractivity contribution in [3.05, 3.63) is 120 Å². The van der Waals surface area contributed by atoms with Gasteiger partial charge in [-0.3, -0.25) is 9.69 Å². The number of ether oxygens (including phenoxy) is 2. The molecule has 0 aromatic heterocycles. The highest BCUT2D eigenvalue weighted by Gasteiger charge is 2.34. The number of para-hydroxylation sites is 2. The fourth-order valence-corrected chi connectivity index (χ4v) is 4.41. The molecule has 0 unspecified atom stereocenters. The SMILES string of the molecule is C/C=C\C=C(/CC)N(c1ccccc1)c1ccc(/C=C2/OC(=Nc3ccccc3C(=O)OCC)N(CC)C2=O)cc1.